The first kappa shape index (κ1) is 17.4. The molecule has 0 unspecified atom stereocenters. The number of hydrogen-bond acceptors (Lipinski definition) is 6. The number of anilines is 1. The number of hydrogen-bond donors (Lipinski definition) is 1. The van der Waals surface area contributed by atoms with Crippen molar-refractivity contribution < 1.29 is 14.5 Å². The molecule has 124 valence electrons. The van der Waals surface area contributed by atoms with E-state index in [1.165, 1.54) is 25.3 Å². The van der Waals surface area contributed by atoms with Crippen molar-refractivity contribution in [2.75, 3.05) is 12.5 Å². The van der Waals surface area contributed by atoms with Gasteiger partial charge in [-0.05, 0) is 17.7 Å². The first-order chi connectivity index (χ1) is 11.5. The summed E-state index contributed by atoms with van der Waals surface area (Å²) in [6.45, 7) is 0. The lowest BCUT2D eigenvalue weighted by atomic mass is 10.1. The van der Waals surface area contributed by atoms with Gasteiger partial charge >= 0.3 is 5.97 Å². The summed E-state index contributed by atoms with van der Waals surface area (Å²) in [5.74, 6) is -0.468. The maximum Gasteiger partial charge on any atom is 0.311 e. The molecule has 8 heteroatoms. The molecule has 0 spiro atoms. The van der Waals surface area contributed by atoms with Crippen molar-refractivity contribution in [3.8, 4) is 0 Å². The molecule has 1 N–H and O–H groups in total. The average molecular weight is 348 g/mol. The van der Waals surface area contributed by atoms with Gasteiger partial charge in [0.25, 0.3) is 5.69 Å². The van der Waals surface area contributed by atoms with Crippen molar-refractivity contribution >= 4 is 34.7 Å². The highest BCUT2D eigenvalue weighted by Crippen LogP contribution is 2.27. The molecule has 0 atom stereocenters. The Kier molecular flexibility index (Phi) is 5.86. The minimum atomic E-state index is -0.563. The summed E-state index contributed by atoms with van der Waals surface area (Å²) in [6, 6.07) is 13.2. The van der Waals surface area contributed by atoms with Gasteiger partial charge in [0, 0.05) is 11.1 Å². The summed E-state index contributed by atoms with van der Waals surface area (Å²) >= 11 is 5.78. The second-order valence-electron chi connectivity index (χ2n) is 4.71. The number of rotatable bonds is 6. The van der Waals surface area contributed by atoms with Gasteiger partial charge in [-0.15, -0.1) is 0 Å². The van der Waals surface area contributed by atoms with Crippen molar-refractivity contribution in [3.05, 3.63) is 69.2 Å². The summed E-state index contributed by atoms with van der Waals surface area (Å²) in [6.07, 6.45) is -0.0745. The van der Waals surface area contributed by atoms with Crippen molar-refractivity contribution in [3.63, 3.8) is 0 Å². The third-order valence-electron chi connectivity index (χ3n) is 3.11. The average Bonchev–Trinajstić information content (AvgIpc) is 2.59. The van der Waals surface area contributed by atoms with E-state index in [4.69, 9.17) is 11.6 Å². The Morgan fingerprint density at radius 2 is 2.00 bits per heavy atom. The summed E-state index contributed by atoms with van der Waals surface area (Å²) in [5, 5.41) is 15.5. The number of esters is 1. The largest absolute Gasteiger partial charge is 0.469 e. The highest BCUT2D eigenvalue weighted by atomic mass is 35.5. The van der Waals surface area contributed by atoms with Crippen LogP contribution in [0.25, 0.3) is 0 Å². The fourth-order valence-electron chi connectivity index (χ4n) is 1.92. The van der Waals surface area contributed by atoms with Crippen LogP contribution >= 0.6 is 11.6 Å². The quantitative estimate of drug-likeness (QED) is 0.372. The van der Waals surface area contributed by atoms with Crippen LogP contribution in [-0.4, -0.2) is 23.7 Å². The maximum atomic E-state index is 11.6. The van der Waals surface area contributed by atoms with Crippen molar-refractivity contribution in [2.24, 2.45) is 5.10 Å². The van der Waals surface area contributed by atoms with E-state index in [0.717, 1.165) is 0 Å². The zero-order valence-electron chi connectivity index (χ0n) is 12.7. The van der Waals surface area contributed by atoms with Crippen LogP contribution in [0.1, 0.15) is 12.0 Å². The molecular weight excluding hydrogens is 334 g/mol. The topological polar surface area (TPSA) is 93.8 Å². The number of carbonyl (C=O) groups excluding carboxylic acids is 1. The number of halogens is 1. The van der Waals surface area contributed by atoms with E-state index in [1.54, 1.807) is 24.3 Å². The SMILES string of the molecule is COC(=O)C/C(=N\Nc1ccc(Cl)cc1[N+](=O)[O-])c1ccccc1. The smallest absolute Gasteiger partial charge is 0.311 e. The Bertz CT molecular complexity index is 778. The number of nitrogens with zero attached hydrogens (tertiary/aromatic N) is 2. The van der Waals surface area contributed by atoms with Gasteiger partial charge in [-0.1, -0.05) is 41.9 Å². The predicted octanol–water partition coefficient (Wildman–Crippen LogP) is 3.63. The first-order valence-electron chi connectivity index (χ1n) is 6.90. The third-order valence-corrected chi connectivity index (χ3v) is 3.35. The fourth-order valence-corrected chi connectivity index (χ4v) is 2.09. The molecule has 0 heterocycles. The highest BCUT2D eigenvalue weighted by Gasteiger charge is 2.15. The Hall–Kier alpha value is -2.93. The molecule has 0 bridgehead atoms. The number of ether oxygens (including phenoxy) is 1. The number of nitro groups is 1. The lowest BCUT2D eigenvalue weighted by Gasteiger charge is -2.08. The van der Waals surface area contributed by atoms with Crippen LogP contribution in [0, 0.1) is 10.1 Å². The Balaban J connectivity index is 2.34. The molecule has 0 fully saturated rings. The standard InChI is InChI=1S/C16H14ClN3O4/c1-24-16(21)10-14(11-5-3-2-4-6-11)19-18-13-8-7-12(17)9-15(13)20(22)23/h2-9,18H,10H2,1H3/b19-14+. The molecule has 2 aromatic rings. The van der Waals surface area contributed by atoms with Crippen LogP contribution in [0.5, 0.6) is 0 Å². The van der Waals surface area contributed by atoms with Crippen molar-refractivity contribution in [2.45, 2.75) is 6.42 Å². The van der Waals surface area contributed by atoms with Crippen molar-refractivity contribution in [1.82, 2.24) is 0 Å². The second kappa shape index (κ2) is 8.07. The van der Waals surface area contributed by atoms with Gasteiger partial charge in [-0.25, -0.2) is 0 Å². The van der Waals surface area contributed by atoms with Gasteiger partial charge < -0.3 is 4.74 Å². The normalized spacial score (nSPS) is 11.0. The van der Waals surface area contributed by atoms with E-state index in [-0.39, 0.29) is 22.8 Å². The molecule has 0 radical (unpaired) electrons. The Morgan fingerprint density at radius 1 is 1.29 bits per heavy atom. The summed E-state index contributed by atoms with van der Waals surface area (Å²) in [7, 11) is 1.28. The van der Waals surface area contributed by atoms with Gasteiger partial charge in [0.1, 0.15) is 5.69 Å². The van der Waals surface area contributed by atoms with E-state index >= 15 is 0 Å². The summed E-state index contributed by atoms with van der Waals surface area (Å²) < 4.78 is 4.66. The molecule has 0 aliphatic heterocycles. The minimum absolute atomic E-state index is 0.0745. The van der Waals surface area contributed by atoms with Gasteiger partial charge in [-0.2, -0.15) is 5.10 Å². The number of hydrazone groups is 1. The van der Waals surface area contributed by atoms with E-state index in [1.807, 2.05) is 6.07 Å². The predicted molar refractivity (Wildman–Crippen MR) is 91.3 cm³/mol. The molecule has 0 aliphatic rings. The second-order valence-corrected chi connectivity index (χ2v) is 5.14. The Morgan fingerprint density at radius 3 is 2.62 bits per heavy atom. The van der Waals surface area contributed by atoms with E-state index in [9.17, 15) is 14.9 Å². The molecule has 7 nitrogen and oxygen atoms in total. The summed E-state index contributed by atoms with van der Waals surface area (Å²) in [4.78, 5) is 22.1. The number of nitro benzene ring substituents is 1. The summed E-state index contributed by atoms with van der Waals surface area (Å²) in [5.41, 5.74) is 3.68. The Labute approximate surface area is 143 Å². The molecule has 0 amide bonds. The zero-order chi connectivity index (χ0) is 17.5. The van der Waals surface area contributed by atoms with E-state index in [0.29, 0.717) is 11.3 Å². The zero-order valence-corrected chi connectivity index (χ0v) is 13.5. The monoisotopic (exact) mass is 347 g/mol. The third kappa shape index (κ3) is 4.53. The van der Waals surface area contributed by atoms with Gasteiger partial charge in [0.2, 0.25) is 0 Å². The number of carbonyl (C=O) groups is 1. The molecule has 0 aromatic heterocycles. The maximum absolute atomic E-state index is 11.6. The number of methoxy groups -OCH3 is 1. The lowest BCUT2D eigenvalue weighted by molar-refractivity contribution is -0.383. The first-order valence-corrected chi connectivity index (χ1v) is 7.28. The van der Waals surface area contributed by atoms with Gasteiger partial charge in [0.15, 0.2) is 0 Å². The van der Waals surface area contributed by atoms with E-state index < -0.39 is 10.9 Å². The van der Waals surface area contributed by atoms with Gasteiger partial charge in [-0.3, -0.25) is 20.3 Å². The van der Waals surface area contributed by atoms with Crippen LogP contribution in [0.2, 0.25) is 5.02 Å². The van der Waals surface area contributed by atoms with Crippen LogP contribution in [0.4, 0.5) is 11.4 Å². The van der Waals surface area contributed by atoms with Crippen LogP contribution < -0.4 is 5.43 Å². The fraction of sp³-hybridized carbons (Fsp3) is 0.125. The molecule has 2 aromatic carbocycles. The lowest BCUT2D eigenvalue weighted by Crippen LogP contribution is -2.12. The molecule has 2 rings (SSSR count). The van der Waals surface area contributed by atoms with Crippen LogP contribution in [-0.2, 0) is 9.53 Å². The molecule has 0 saturated heterocycles. The van der Waals surface area contributed by atoms with Crippen LogP contribution in [0.3, 0.4) is 0 Å². The molecule has 24 heavy (non-hydrogen) atoms. The van der Waals surface area contributed by atoms with E-state index in [2.05, 4.69) is 15.3 Å². The highest BCUT2D eigenvalue weighted by molar-refractivity contribution is 6.30. The van der Waals surface area contributed by atoms with Crippen molar-refractivity contribution in [1.29, 1.82) is 0 Å². The molecule has 0 saturated carbocycles. The molecular formula is C16H14ClN3O4. The minimum Gasteiger partial charge on any atom is -0.469 e. The van der Waals surface area contributed by atoms with Gasteiger partial charge in [0.05, 0.1) is 24.2 Å². The molecule has 0 aliphatic carbocycles. The number of nitrogens with one attached hydrogen (secondary N) is 1. The number of benzene rings is 2. The van der Waals surface area contributed by atoms with Crippen LogP contribution in [0.15, 0.2) is 53.6 Å².